The van der Waals surface area contributed by atoms with E-state index < -0.39 is 0 Å². The number of nitrogens with one attached hydrogen (secondary N) is 1. The molecular formula is C14H27N3O. The first-order valence-corrected chi connectivity index (χ1v) is 7.49. The van der Waals surface area contributed by atoms with Crippen LogP contribution in [0.15, 0.2) is 0 Å². The zero-order chi connectivity index (χ0) is 13.0. The lowest BCUT2D eigenvalue weighted by Crippen LogP contribution is -2.56. The average Bonchev–Trinajstić information content (AvgIpc) is 2.39. The zero-order valence-electron chi connectivity index (χ0n) is 11.5. The number of hydrogen-bond donors (Lipinski definition) is 2. The molecule has 0 aromatic carbocycles. The van der Waals surface area contributed by atoms with Crippen molar-refractivity contribution in [3.8, 4) is 0 Å². The van der Waals surface area contributed by atoms with Crippen molar-refractivity contribution in [3.05, 3.63) is 0 Å². The molecule has 0 spiro atoms. The summed E-state index contributed by atoms with van der Waals surface area (Å²) in [5.41, 5.74) is 5.83. The van der Waals surface area contributed by atoms with Gasteiger partial charge >= 0.3 is 6.03 Å². The standard InChI is InChI=1S/C14H27N3O/c1-11-6-5-9-17(13(11)10-15)14(18)16-12-7-3-2-4-8-12/h11-13H,2-10,15H2,1H3,(H,16,18). The molecule has 2 rings (SSSR count). The molecule has 1 aliphatic carbocycles. The summed E-state index contributed by atoms with van der Waals surface area (Å²) in [4.78, 5) is 14.3. The van der Waals surface area contributed by atoms with E-state index in [1.165, 1.54) is 25.7 Å². The van der Waals surface area contributed by atoms with Gasteiger partial charge in [-0.05, 0) is 31.6 Å². The van der Waals surface area contributed by atoms with Crippen LogP contribution in [-0.4, -0.2) is 36.1 Å². The summed E-state index contributed by atoms with van der Waals surface area (Å²) < 4.78 is 0. The molecule has 2 atom stereocenters. The highest BCUT2D eigenvalue weighted by Crippen LogP contribution is 2.23. The van der Waals surface area contributed by atoms with E-state index in [0.29, 0.717) is 18.5 Å². The summed E-state index contributed by atoms with van der Waals surface area (Å²) in [6.45, 7) is 3.65. The van der Waals surface area contributed by atoms with Crippen molar-refractivity contribution in [1.29, 1.82) is 0 Å². The third-order valence-electron chi connectivity index (χ3n) is 4.55. The molecule has 0 bridgehead atoms. The van der Waals surface area contributed by atoms with Crippen LogP contribution in [0.5, 0.6) is 0 Å². The van der Waals surface area contributed by atoms with Crippen LogP contribution < -0.4 is 11.1 Å². The van der Waals surface area contributed by atoms with Gasteiger partial charge in [-0.25, -0.2) is 4.79 Å². The van der Waals surface area contributed by atoms with Crippen LogP contribution in [0.1, 0.15) is 51.9 Å². The van der Waals surface area contributed by atoms with Crippen molar-refractivity contribution in [1.82, 2.24) is 10.2 Å². The van der Waals surface area contributed by atoms with Crippen molar-refractivity contribution >= 4 is 6.03 Å². The van der Waals surface area contributed by atoms with Crippen LogP contribution >= 0.6 is 0 Å². The van der Waals surface area contributed by atoms with E-state index in [4.69, 9.17) is 5.73 Å². The predicted octanol–water partition coefficient (Wildman–Crippen LogP) is 2.09. The first-order valence-electron chi connectivity index (χ1n) is 7.49. The van der Waals surface area contributed by atoms with Gasteiger partial charge in [0.15, 0.2) is 0 Å². The molecule has 4 nitrogen and oxygen atoms in total. The Morgan fingerprint density at radius 3 is 2.61 bits per heavy atom. The monoisotopic (exact) mass is 253 g/mol. The maximum Gasteiger partial charge on any atom is 0.317 e. The molecule has 4 heteroatoms. The molecule has 3 N–H and O–H groups in total. The molecule has 1 saturated heterocycles. The highest BCUT2D eigenvalue weighted by atomic mass is 16.2. The van der Waals surface area contributed by atoms with Gasteiger partial charge in [0.05, 0.1) is 0 Å². The molecule has 1 aliphatic heterocycles. The quantitative estimate of drug-likeness (QED) is 0.791. The number of nitrogens with zero attached hydrogens (tertiary/aromatic N) is 1. The molecule has 18 heavy (non-hydrogen) atoms. The Morgan fingerprint density at radius 2 is 1.94 bits per heavy atom. The zero-order valence-corrected chi connectivity index (χ0v) is 11.5. The SMILES string of the molecule is CC1CCCN(C(=O)NC2CCCCC2)C1CN. The van der Waals surface area contributed by atoms with Gasteiger partial charge in [-0.3, -0.25) is 0 Å². The van der Waals surface area contributed by atoms with Crippen molar-refractivity contribution in [2.45, 2.75) is 64.0 Å². The first-order chi connectivity index (χ1) is 8.72. The van der Waals surface area contributed by atoms with Crippen LogP contribution in [0.3, 0.4) is 0 Å². The fraction of sp³-hybridized carbons (Fsp3) is 0.929. The lowest BCUT2D eigenvalue weighted by atomic mass is 9.91. The number of likely N-dealkylation sites (tertiary alicyclic amines) is 1. The third-order valence-corrected chi connectivity index (χ3v) is 4.55. The molecule has 2 unspecified atom stereocenters. The minimum Gasteiger partial charge on any atom is -0.335 e. The summed E-state index contributed by atoms with van der Waals surface area (Å²) in [7, 11) is 0. The summed E-state index contributed by atoms with van der Waals surface area (Å²) in [6, 6.07) is 0.730. The van der Waals surface area contributed by atoms with Crippen molar-refractivity contribution in [3.63, 3.8) is 0 Å². The molecule has 104 valence electrons. The first kappa shape index (κ1) is 13.7. The van der Waals surface area contributed by atoms with Crippen molar-refractivity contribution < 1.29 is 4.79 Å². The smallest absolute Gasteiger partial charge is 0.317 e. The molecular weight excluding hydrogens is 226 g/mol. The van der Waals surface area contributed by atoms with Crippen LogP contribution in [0.25, 0.3) is 0 Å². The van der Waals surface area contributed by atoms with Crippen LogP contribution in [0, 0.1) is 5.92 Å². The second kappa shape index (κ2) is 6.41. The number of urea groups is 1. The topological polar surface area (TPSA) is 58.4 Å². The molecule has 0 aromatic heterocycles. The number of nitrogens with two attached hydrogens (primary N) is 1. The second-order valence-corrected chi connectivity index (χ2v) is 5.90. The number of hydrogen-bond acceptors (Lipinski definition) is 2. The lowest BCUT2D eigenvalue weighted by molar-refractivity contribution is 0.119. The molecule has 1 saturated carbocycles. The fourth-order valence-corrected chi connectivity index (χ4v) is 3.37. The normalized spacial score (nSPS) is 30.2. The molecule has 2 fully saturated rings. The van der Waals surface area contributed by atoms with E-state index in [0.717, 1.165) is 25.8 Å². The minimum absolute atomic E-state index is 0.115. The van der Waals surface area contributed by atoms with E-state index in [1.54, 1.807) is 0 Å². The molecule has 0 radical (unpaired) electrons. The maximum atomic E-state index is 12.3. The van der Waals surface area contributed by atoms with Gasteiger partial charge in [-0.15, -0.1) is 0 Å². The van der Waals surface area contributed by atoms with Gasteiger partial charge in [-0.1, -0.05) is 26.2 Å². The van der Waals surface area contributed by atoms with Crippen LogP contribution in [-0.2, 0) is 0 Å². The van der Waals surface area contributed by atoms with Gasteiger partial charge in [0.2, 0.25) is 0 Å². The lowest BCUT2D eigenvalue weighted by Gasteiger charge is -2.40. The number of amides is 2. The van der Waals surface area contributed by atoms with Crippen molar-refractivity contribution in [2.24, 2.45) is 11.7 Å². The highest BCUT2D eigenvalue weighted by molar-refractivity contribution is 5.75. The molecule has 0 aromatic rings. The van der Waals surface area contributed by atoms with Crippen LogP contribution in [0.4, 0.5) is 4.79 Å². The Labute approximate surface area is 110 Å². The van der Waals surface area contributed by atoms with Gasteiger partial charge in [-0.2, -0.15) is 0 Å². The summed E-state index contributed by atoms with van der Waals surface area (Å²) in [6.07, 6.45) is 8.40. The fourth-order valence-electron chi connectivity index (χ4n) is 3.37. The van der Waals surface area contributed by atoms with Gasteiger partial charge < -0.3 is 16.0 Å². The van der Waals surface area contributed by atoms with Gasteiger partial charge in [0.1, 0.15) is 0 Å². The number of piperidine rings is 1. The van der Waals surface area contributed by atoms with E-state index in [9.17, 15) is 4.79 Å². The van der Waals surface area contributed by atoms with Gasteiger partial charge in [0.25, 0.3) is 0 Å². The molecule has 1 heterocycles. The van der Waals surface area contributed by atoms with E-state index in [2.05, 4.69) is 12.2 Å². The Hall–Kier alpha value is -0.770. The summed E-state index contributed by atoms with van der Waals surface area (Å²) >= 11 is 0. The maximum absolute atomic E-state index is 12.3. The van der Waals surface area contributed by atoms with E-state index in [-0.39, 0.29) is 12.1 Å². The van der Waals surface area contributed by atoms with Crippen molar-refractivity contribution in [2.75, 3.05) is 13.1 Å². The Balaban J connectivity index is 1.89. The Kier molecular flexibility index (Phi) is 4.87. The van der Waals surface area contributed by atoms with E-state index >= 15 is 0 Å². The molecule has 2 amide bonds. The predicted molar refractivity (Wildman–Crippen MR) is 73.4 cm³/mol. The Bertz CT molecular complexity index is 276. The highest BCUT2D eigenvalue weighted by Gasteiger charge is 2.31. The summed E-state index contributed by atoms with van der Waals surface area (Å²) in [5.74, 6) is 0.529. The second-order valence-electron chi connectivity index (χ2n) is 5.90. The minimum atomic E-state index is 0.115. The molecule has 2 aliphatic rings. The Morgan fingerprint density at radius 1 is 1.22 bits per heavy atom. The number of carbonyl (C=O) groups excluding carboxylic acids is 1. The average molecular weight is 253 g/mol. The third kappa shape index (κ3) is 3.16. The number of rotatable bonds is 2. The summed E-state index contributed by atoms with van der Waals surface area (Å²) in [5, 5.41) is 3.20. The van der Waals surface area contributed by atoms with E-state index in [1.807, 2.05) is 4.90 Å². The van der Waals surface area contributed by atoms with Crippen LogP contribution in [0.2, 0.25) is 0 Å². The number of carbonyl (C=O) groups is 1. The van der Waals surface area contributed by atoms with Gasteiger partial charge in [0, 0.05) is 25.2 Å². The largest absolute Gasteiger partial charge is 0.335 e.